The summed E-state index contributed by atoms with van der Waals surface area (Å²) in [4.78, 5) is 14.0. The minimum absolute atomic E-state index is 0.289. The van der Waals surface area contributed by atoms with E-state index in [1.165, 1.54) is 50.4 Å². The minimum Gasteiger partial charge on any atom is -0.493 e. The third-order valence-corrected chi connectivity index (χ3v) is 7.87. The molecule has 2 N–H and O–H groups in total. The largest absolute Gasteiger partial charge is 0.493 e. The van der Waals surface area contributed by atoms with Crippen LogP contribution in [0.3, 0.4) is 0 Å². The lowest BCUT2D eigenvalue weighted by Gasteiger charge is -2.37. The Hall–Kier alpha value is -2.09. The van der Waals surface area contributed by atoms with Crippen LogP contribution in [0.25, 0.3) is 0 Å². The van der Waals surface area contributed by atoms with Crippen LogP contribution in [-0.2, 0) is 0 Å². The van der Waals surface area contributed by atoms with E-state index in [2.05, 4.69) is 37.7 Å². The van der Waals surface area contributed by atoms with Gasteiger partial charge >= 0.3 is 0 Å². The number of amides is 1. The van der Waals surface area contributed by atoms with Crippen molar-refractivity contribution >= 4 is 23.5 Å². The van der Waals surface area contributed by atoms with Crippen molar-refractivity contribution in [3.8, 4) is 5.75 Å². The van der Waals surface area contributed by atoms with E-state index in [1.54, 1.807) is 11.9 Å². The highest BCUT2D eigenvalue weighted by Gasteiger charge is 2.21. The molecule has 7 heteroatoms. The van der Waals surface area contributed by atoms with Gasteiger partial charge in [0.1, 0.15) is 11.6 Å². The minimum atomic E-state index is -0.411. The molecule has 1 amide bonds. The van der Waals surface area contributed by atoms with Crippen LogP contribution in [0.15, 0.2) is 47.4 Å². The van der Waals surface area contributed by atoms with Gasteiger partial charge in [-0.3, -0.25) is 9.52 Å². The summed E-state index contributed by atoms with van der Waals surface area (Å²) in [7, 11) is 0. The third kappa shape index (κ3) is 11.0. The Morgan fingerprint density at radius 2 is 1.59 bits per heavy atom. The van der Waals surface area contributed by atoms with Crippen LogP contribution in [0.2, 0.25) is 0 Å². The smallest absolute Gasteiger partial charge is 0.259 e. The Bertz CT molecular complexity index is 920. The number of nitrogens with zero attached hydrogens (tertiary/aromatic N) is 1. The summed E-state index contributed by atoms with van der Waals surface area (Å²) < 4.78 is 24.3. The topological polar surface area (TPSA) is 50.4 Å². The van der Waals surface area contributed by atoms with Crippen LogP contribution in [0, 0.1) is 5.82 Å². The molecule has 2 rings (SSSR count). The first-order valence-electron chi connectivity index (χ1n) is 14.1. The van der Waals surface area contributed by atoms with Crippen LogP contribution >= 0.6 is 11.9 Å². The molecule has 2 aromatic carbocycles. The molecular formula is C30H47FN3O2S+. The molecule has 2 aromatic rings. The van der Waals surface area contributed by atoms with Crippen molar-refractivity contribution in [1.82, 2.24) is 4.72 Å². The number of halogens is 1. The maximum atomic E-state index is 13.8. The first-order chi connectivity index (χ1) is 18.0. The molecule has 0 saturated heterocycles. The van der Waals surface area contributed by atoms with Crippen molar-refractivity contribution in [3.63, 3.8) is 0 Å². The molecule has 5 nitrogen and oxygen atoms in total. The van der Waals surface area contributed by atoms with E-state index in [0.29, 0.717) is 17.9 Å². The number of unbranched alkanes of at least 4 members (excludes halogenated alkanes) is 5. The number of ether oxygens (including phenoxy) is 1. The molecule has 0 aliphatic rings. The number of carbonyl (C=O) groups is 1. The van der Waals surface area contributed by atoms with Gasteiger partial charge in [0.25, 0.3) is 5.91 Å². The molecule has 0 aliphatic heterocycles. The third-order valence-electron chi connectivity index (χ3n) is 7.01. The van der Waals surface area contributed by atoms with E-state index in [4.69, 9.17) is 4.74 Å². The number of likely N-dealkylation sites (N-methyl/N-ethyl adjacent to an activating group) is 1. The Morgan fingerprint density at radius 1 is 0.892 bits per heavy atom. The zero-order valence-electron chi connectivity index (χ0n) is 23.3. The van der Waals surface area contributed by atoms with Gasteiger partial charge in [0.05, 0.1) is 44.9 Å². The van der Waals surface area contributed by atoms with Gasteiger partial charge in [0.15, 0.2) is 0 Å². The van der Waals surface area contributed by atoms with Crippen LogP contribution < -0.4 is 14.8 Å². The predicted octanol–water partition coefficient (Wildman–Crippen LogP) is 7.68. The summed E-state index contributed by atoms with van der Waals surface area (Å²) in [6.07, 6.45) is 8.02. The van der Waals surface area contributed by atoms with Gasteiger partial charge in [-0.15, -0.1) is 0 Å². The van der Waals surface area contributed by atoms with E-state index < -0.39 is 5.82 Å². The highest BCUT2D eigenvalue weighted by molar-refractivity contribution is 7.97. The van der Waals surface area contributed by atoms with Crippen molar-refractivity contribution in [2.45, 2.75) is 77.5 Å². The van der Waals surface area contributed by atoms with Crippen molar-refractivity contribution in [3.05, 3.63) is 53.8 Å². The van der Waals surface area contributed by atoms with Gasteiger partial charge in [-0.05, 0) is 75.0 Å². The zero-order chi connectivity index (χ0) is 26.9. The van der Waals surface area contributed by atoms with Crippen molar-refractivity contribution in [2.24, 2.45) is 0 Å². The van der Waals surface area contributed by atoms with Crippen molar-refractivity contribution in [1.29, 1.82) is 0 Å². The molecule has 0 fully saturated rings. The van der Waals surface area contributed by atoms with E-state index >= 15 is 0 Å². The fourth-order valence-corrected chi connectivity index (χ4v) is 5.01. The molecule has 0 unspecified atom stereocenters. The molecule has 0 spiro atoms. The molecule has 206 valence electrons. The number of carbonyl (C=O) groups excluding carboxylic acids is 1. The zero-order valence-corrected chi connectivity index (χ0v) is 24.1. The summed E-state index contributed by atoms with van der Waals surface area (Å²) in [5.74, 6) is -0.428. The lowest BCUT2D eigenvalue weighted by molar-refractivity contribution is -0.923. The average molecular weight is 533 g/mol. The number of nitrogens with one attached hydrogen (secondary N) is 2. The number of quaternary nitrogens is 1. The van der Waals surface area contributed by atoms with E-state index in [0.717, 1.165) is 54.8 Å². The molecular weight excluding hydrogens is 485 g/mol. The van der Waals surface area contributed by atoms with Crippen LogP contribution in [-0.4, -0.2) is 49.7 Å². The molecule has 0 aliphatic carbocycles. The fraction of sp³-hybridized carbons (Fsp3) is 0.567. The van der Waals surface area contributed by atoms with Crippen LogP contribution in [0.5, 0.6) is 5.75 Å². The Kier molecular flexibility index (Phi) is 14.7. The molecule has 0 saturated carbocycles. The quantitative estimate of drug-likeness (QED) is 0.111. The molecule has 0 atom stereocenters. The van der Waals surface area contributed by atoms with Gasteiger partial charge in [-0.1, -0.05) is 46.0 Å². The molecule has 0 bridgehead atoms. The Balaban J connectivity index is 1.86. The van der Waals surface area contributed by atoms with E-state index in [1.807, 2.05) is 24.3 Å². The van der Waals surface area contributed by atoms with Crippen LogP contribution in [0.1, 0.15) is 83.0 Å². The van der Waals surface area contributed by atoms with Gasteiger partial charge in [-0.25, -0.2) is 4.39 Å². The SMILES string of the molecule is CCCCCCCOc1cc(F)ccc1C(=O)Nc1ccc(SNCC[N+](CC)(CC)CCCC)cc1. The normalized spacial score (nSPS) is 11.5. The van der Waals surface area contributed by atoms with Gasteiger partial charge in [0, 0.05) is 16.6 Å². The first kappa shape index (κ1) is 31.1. The standard InChI is InChI=1S/C30H46FN3O2S/c1-5-9-11-12-13-23-36-29-24-25(31)14-19-28(29)30(35)33-26-15-17-27(18-16-26)37-32-20-22-34(7-3,8-4)21-10-6-2/h14-19,24,32H,5-13,20-23H2,1-4H3/p+1. The fourth-order valence-electron chi connectivity index (χ4n) is 4.37. The lowest BCUT2D eigenvalue weighted by atomic mass is 10.1. The lowest BCUT2D eigenvalue weighted by Crippen LogP contribution is -2.51. The van der Waals surface area contributed by atoms with Gasteiger partial charge in [0.2, 0.25) is 0 Å². The van der Waals surface area contributed by atoms with Crippen LogP contribution in [0.4, 0.5) is 10.1 Å². The summed E-state index contributed by atoms with van der Waals surface area (Å²) in [6.45, 7) is 15.1. The predicted molar refractivity (Wildman–Crippen MR) is 155 cm³/mol. The Morgan fingerprint density at radius 3 is 2.27 bits per heavy atom. The molecule has 37 heavy (non-hydrogen) atoms. The summed E-state index contributed by atoms with van der Waals surface area (Å²) in [6, 6.07) is 11.8. The molecule has 0 aromatic heterocycles. The second kappa shape index (κ2) is 17.4. The second-order valence-corrected chi connectivity index (χ2v) is 10.6. The number of hydrogen-bond donors (Lipinski definition) is 2. The van der Waals surface area contributed by atoms with Crippen molar-refractivity contribution in [2.75, 3.05) is 44.6 Å². The van der Waals surface area contributed by atoms with E-state index in [9.17, 15) is 9.18 Å². The van der Waals surface area contributed by atoms with Gasteiger partial charge in [-0.2, -0.15) is 0 Å². The highest BCUT2D eigenvalue weighted by atomic mass is 32.2. The van der Waals surface area contributed by atoms with Crippen molar-refractivity contribution < 1.29 is 18.4 Å². The average Bonchev–Trinajstić information content (AvgIpc) is 2.91. The highest BCUT2D eigenvalue weighted by Crippen LogP contribution is 2.23. The number of benzene rings is 2. The summed E-state index contributed by atoms with van der Waals surface area (Å²) in [5, 5.41) is 2.91. The molecule has 0 heterocycles. The Labute approximate surface area is 228 Å². The second-order valence-electron chi connectivity index (χ2n) is 9.65. The monoisotopic (exact) mass is 532 g/mol. The summed E-state index contributed by atoms with van der Waals surface area (Å²) >= 11 is 1.62. The first-order valence-corrected chi connectivity index (χ1v) is 14.9. The summed E-state index contributed by atoms with van der Waals surface area (Å²) in [5.41, 5.74) is 1.03. The molecule has 0 radical (unpaired) electrons. The maximum absolute atomic E-state index is 13.8. The maximum Gasteiger partial charge on any atom is 0.259 e. The number of hydrogen-bond acceptors (Lipinski definition) is 4. The van der Waals surface area contributed by atoms with Gasteiger partial charge < -0.3 is 14.5 Å². The number of rotatable bonds is 19. The van der Waals surface area contributed by atoms with E-state index in [-0.39, 0.29) is 11.7 Å². The number of anilines is 1.